The zero-order valence-corrected chi connectivity index (χ0v) is 22.9. The molecule has 228 valence electrons. The predicted molar refractivity (Wildman–Crippen MR) is 161 cm³/mol. The van der Waals surface area contributed by atoms with E-state index in [1.54, 1.807) is 0 Å². The Labute approximate surface area is 237 Å². The smallest absolute Gasteiger partial charge is 0.309 e. The first kappa shape index (κ1) is 39.0. The van der Waals surface area contributed by atoms with Crippen LogP contribution in [0.2, 0.25) is 0 Å². The predicted octanol–water partition coefficient (Wildman–Crippen LogP) is 8.71. The molecule has 3 aliphatic rings. The number of ether oxygens (including phenoxy) is 2. The van der Waals surface area contributed by atoms with Gasteiger partial charge in [-0.25, -0.2) is 0 Å². The normalized spacial score (nSPS) is 31.9. The maximum atomic E-state index is 13.1. The van der Waals surface area contributed by atoms with Crippen molar-refractivity contribution in [1.82, 2.24) is 0 Å². The number of aliphatic hydroxyl groups is 1. The van der Waals surface area contributed by atoms with Crippen molar-refractivity contribution in [2.24, 2.45) is 47.3 Å². The van der Waals surface area contributed by atoms with Gasteiger partial charge in [-0.2, -0.15) is 0 Å². The van der Waals surface area contributed by atoms with Crippen molar-refractivity contribution in [2.75, 3.05) is 0 Å². The summed E-state index contributed by atoms with van der Waals surface area (Å²) < 4.78 is 11.6. The highest BCUT2D eigenvalue weighted by molar-refractivity contribution is 5.72. The van der Waals surface area contributed by atoms with Crippen LogP contribution in [0.1, 0.15) is 136 Å². The number of aliphatic hydroxyl groups excluding tert-OH is 1. The second-order valence-corrected chi connectivity index (χ2v) is 13.6. The highest BCUT2D eigenvalue weighted by atomic mass is 16.6. The van der Waals surface area contributed by atoms with Crippen LogP contribution in [0.15, 0.2) is 0 Å². The summed E-state index contributed by atoms with van der Waals surface area (Å²) in [6, 6.07) is 0. The largest absolute Gasteiger partial charge is 0.460 e. The molecule has 0 heterocycles. The minimum Gasteiger partial charge on any atom is -0.460 e. The van der Waals surface area contributed by atoms with Crippen LogP contribution < -0.4 is 0 Å². The van der Waals surface area contributed by atoms with Gasteiger partial charge in [-0.3, -0.25) is 9.59 Å². The summed E-state index contributed by atoms with van der Waals surface area (Å²) >= 11 is 0. The first-order valence-electron chi connectivity index (χ1n) is 13.8. The molecule has 38 heavy (non-hydrogen) atoms. The van der Waals surface area contributed by atoms with Gasteiger partial charge in [-0.05, 0) is 108 Å². The summed E-state index contributed by atoms with van der Waals surface area (Å²) in [6.07, 6.45) is 6.95. The highest BCUT2D eigenvalue weighted by Gasteiger charge is 2.53. The number of rotatable bonds is 8. The van der Waals surface area contributed by atoms with Crippen LogP contribution in [0, 0.1) is 47.3 Å². The number of carbonyl (C=O) groups excluding carboxylic acids is 2. The number of fused-ring (bicyclic) bond motifs is 2. The Morgan fingerprint density at radius 1 is 0.895 bits per heavy atom. The topological polar surface area (TPSA) is 72.8 Å². The molecule has 0 aromatic carbocycles. The summed E-state index contributed by atoms with van der Waals surface area (Å²) in [4.78, 5) is 25.4. The molecule has 0 saturated heterocycles. The Hall–Kier alpha value is -1.10. The van der Waals surface area contributed by atoms with E-state index < -0.39 is 17.3 Å². The number of carbonyl (C=O) groups is 2. The average molecular weight is 543 g/mol. The fourth-order valence-electron chi connectivity index (χ4n) is 7.25. The molecule has 3 fully saturated rings. The van der Waals surface area contributed by atoms with Crippen molar-refractivity contribution in [3.05, 3.63) is 0 Å². The van der Waals surface area contributed by atoms with E-state index in [1.165, 1.54) is 12.8 Å². The van der Waals surface area contributed by atoms with Crippen LogP contribution in [-0.4, -0.2) is 34.4 Å². The van der Waals surface area contributed by atoms with Crippen LogP contribution in [0.4, 0.5) is 0 Å². The maximum absolute atomic E-state index is 13.1. The first-order chi connectivity index (χ1) is 15.7. The molecule has 5 heteroatoms. The molecule has 0 aromatic heterocycles. The molecule has 5 nitrogen and oxygen atoms in total. The first-order valence-corrected chi connectivity index (χ1v) is 13.8. The molecule has 3 saturated carbocycles. The monoisotopic (exact) mass is 542 g/mol. The fraction of sp³-hybridized carbons (Fsp3) is 0.939. The van der Waals surface area contributed by atoms with Crippen molar-refractivity contribution in [3.63, 3.8) is 0 Å². The Bertz CT molecular complexity index is 715. The summed E-state index contributed by atoms with van der Waals surface area (Å²) in [6.45, 7) is 16.3. The third-order valence-corrected chi connectivity index (χ3v) is 9.35. The third-order valence-electron chi connectivity index (χ3n) is 9.35. The molecule has 1 N–H and O–H groups in total. The van der Waals surface area contributed by atoms with Gasteiger partial charge in [0.05, 0.1) is 18.4 Å². The molecule has 2 bridgehead atoms. The minimum absolute atomic E-state index is 0. The standard InChI is InChI=1S/C29H50O5.4CH4/c1-17-9-11-21(12-10-17)29(7,8)34-27(32)18(2)13-22-19(3)20-14-23(22)24(15-20)25(30)16-26(31)33-28(4,5)6;;;;/h17-25,30H,9-16H2,1-8H3;4*1H4. The van der Waals surface area contributed by atoms with Crippen LogP contribution in [-0.2, 0) is 19.1 Å². The Balaban J connectivity index is 0. The van der Waals surface area contributed by atoms with E-state index in [4.69, 9.17) is 9.47 Å². The second kappa shape index (κ2) is 15.1. The molecule has 3 rings (SSSR count). The lowest BCUT2D eigenvalue weighted by Gasteiger charge is -2.40. The summed E-state index contributed by atoms with van der Waals surface area (Å²) in [5.74, 6) is 2.62. The fourth-order valence-corrected chi connectivity index (χ4v) is 7.25. The van der Waals surface area contributed by atoms with E-state index in [-0.39, 0.29) is 59.9 Å². The van der Waals surface area contributed by atoms with Gasteiger partial charge in [0.2, 0.25) is 0 Å². The second-order valence-electron chi connectivity index (χ2n) is 13.6. The zero-order valence-electron chi connectivity index (χ0n) is 22.9. The van der Waals surface area contributed by atoms with E-state index in [0.29, 0.717) is 29.6 Å². The molecule has 0 aromatic rings. The zero-order chi connectivity index (χ0) is 25.4. The number of hydrogen-bond acceptors (Lipinski definition) is 5. The molecule has 7 unspecified atom stereocenters. The average Bonchev–Trinajstić information content (AvgIpc) is 3.26. The molecule has 7 atom stereocenters. The van der Waals surface area contributed by atoms with E-state index in [9.17, 15) is 14.7 Å². The molecule has 3 aliphatic carbocycles. The van der Waals surface area contributed by atoms with Gasteiger partial charge in [-0.15, -0.1) is 0 Å². The molecular weight excluding hydrogens is 476 g/mol. The summed E-state index contributed by atoms with van der Waals surface area (Å²) in [7, 11) is 0. The van der Waals surface area contributed by atoms with Crippen LogP contribution >= 0.6 is 0 Å². The van der Waals surface area contributed by atoms with Crippen LogP contribution in [0.3, 0.4) is 0 Å². The van der Waals surface area contributed by atoms with Crippen LogP contribution in [0.25, 0.3) is 0 Å². The Morgan fingerprint density at radius 3 is 1.95 bits per heavy atom. The molecule has 0 amide bonds. The van der Waals surface area contributed by atoms with E-state index in [1.807, 2.05) is 27.7 Å². The SMILES string of the molecule is C.C.C.C.CC1CCC(C(C)(C)OC(=O)C(C)CC2C(C)C3CC(C(O)CC(=O)OC(C)(C)C)C2C3)CC1. The van der Waals surface area contributed by atoms with Crippen molar-refractivity contribution in [2.45, 2.75) is 154 Å². The molecule has 0 aliphatic heterocycles. The lowest BCUT2D eigenvalue weighted by molar-refractivity contribution is -0.168. The number of esters is 2. The molecule has 0 spiro atoms. The lowest BCUT2D eigenvalue weighted by atomic mass is 9.69. The Kier molecular flexibility index (Phi) is 15.5. The quantitative estimate of drug-likeness (QED) is 0.310. The maximum Gasteiger partial charge on any atom is 0.309 e. The van der Waals surface area contributed by atoms with Crippen molar-refractivity contribution < 1.29 is 24.2 Å². The van der Waals surface area contributed by atoms with Crippen LogP contribution in [0.5, 0.6) is 0 Å². The van der Waals surface area contributed by atoms with Gasteiger partial charge in [-0.1, -0.05) is 63.3 Å². The van der Waals surface area contributed by atoms with Gasteiger partial charge >= 0.3 is 11.9 Å². The van der Waals surface area contributed by atoms with Crippen molar-refractivity contribution >= 4 is 11.9 Å². The van der Waals surface area contributed by atoms with E-state index in [2.05, 4.69) is 27.7 Å². The van der Waals surface area contributed by atoms with Gasteiger partial charge < -0.3 is 14.6 Å². The van der Waals surface area contributed by atoms with Gasteiger partial charge in [0.1, 0.15) is 11.2 Å². The highest BCUT2D eigenvalue weighted by Crippen LogP contribution is 2.58. The third kappa shape index (κ3) is 9.52. The lowest BCUT2D eigenvalue weighted by Crippen LogP contribution is -2.41. The summed E-state index contributed by atoms with van der Waals surface area (Å²) in [5.41, 5.74) is -0.958. The van der Waals surface area contributed by atoms with Crippen molar-refractivity contribution in [3.8, 4) is 0 Å². The number of hydrogen-bond donors (Lipinski definition) is 1. The van der Waals surface area contributed by atoms with E-state index in [0.717, 1.165) is 38.0 Å². The Morgan fingerprint density at radius 2 is 1.45 bits per heavy atom. The minimum atomic E-state index is -0.672. The van der Waals surface area contributed by atoms with Crippen molar-refractivity contribution in [1.29, 1.82) is 0 Å². The van der Waals surface area contributed by atoms with Gasteiger partial charge in [0.25, 0.3) is 0 Å². The van der Waals surface area contributed by atoms with E-state index >= 15 is 0 Å². The molecule has 0 radical (unpaired) electrons. The molecular formula is C33H66O5. The van der Waals surface area contributed by atoms with Gasteiger partial charge in [0.15, 0.2) is 0 Å². The van der Waals surface area contributed by atoms with Gasteiger partial charge in [0, 0.05) is 0 Å². The summed E-state index contributed by atoms with van der Waals surface area (Å²) in [5, 5.41) is 10.9.